The number of nitrogens with one attached hydrogen (secondary N) is 1. The molecule has 0 aliphatic heterocycles. The number of carbonyl (C=O) groups is 1. The van der Waals surface area contributed by atoms with Crippen LogP contribution in [0, 0.1) is 23.7 Å². The Morgan fingerprint density at radius 1 is 1.11 bits per heavy atom. The number of hydrogen-bond acceptors (Lipinski definition) is 2. The summed E-state index contributed by atoms with van der Waals surface area (Å²) in [6.45, 7) is 0.721. The van der Waals surface area contributed by atoms with E-state index < -0.39 is 0 Å². The van der Waals surface area contributed by atoms with Crippen molar-refractivity contribution in [1.82, 2.24) is 5.32 Å². The Morgan fingerprint density at radius 3 is 2.67 bits per heavy atom. The second-order valence-electron chi connectivity index (χ2n) is 6.74. The first kappa shape index (κ1) is 12.5. The Labute approximate surface area is 110 Å². The van der Waals surface area contributed by atoms with E-state index in [1.807, 2.05) is 0 Å². The van der Waals surface area contributed by atoms with Crippen molar-refractivity contribution in [1.29, 1.82) is 0 Å². The Morgan fingerprint density at radius 2 is 2.00 bits per heavy atom. The molecule has 3 rings (SSSR count). The summed E-state index contributed by atoms with van der Waals surface area (Å²) < 4.78 is 0. The van der Waals surface area contributed by atoms with Crippen molar-refractivity contribution in [2.24, 2.45) is 29.4 Å². The maximum Gasteiger partial charge on any atom is 0.220 e. The molecule has 3 aliphatic rings. The Kier molecular flexibility index (Phi) is 3.60. The molecule has 0 aromatic rings. The lowest BCUT2D eigenvalue weighted by molar-refractivity contribution is -0.123. The van der Waals surface area contributed by atoms with Gasteiger partial charge in [-0.15, -0.1) is 0 Å². The van der Waals surface area contributed by atoms with Gasteiger partial charge in [0.15, 0.2) is 0 Å². The van der Waals surface area contributed by atoms with Gasteiger partial charge < -0.3 is 11.1 Å². The molecule has 102 valence electrons. The van der Waals surface area contributed by atoms with E-state index in [4.69, 9.17) is 5.73 Å². The minimum absolute atomic E-state index is 0.290. The summed E-state index contributed by atoms with van der Waals surface area (Å²) >= 11 is 0. The zero-order valence-corrected chi connectivity index (χ0v) is 11.2. The van der Waals surface area contributed by atoms with Crippen molar-refractivity contribution < 1.29 is 4.79 Å². The Balaban J connectivity index is 1.47. The standard InChI is InChI=1S/C15H26N2O/c16-9-12-2-1-3-14(12)17-15(18)8-13-7-10-4-5-11(13)6-10/h10-14H,1-9,16H2,(H,17,18). The maximum absolute atomic E-state index is 12.1. The predicted octanol–water partition coefficient (Wildman–Crippen LogP) is 2.06. The lowest BCUT2D eigenvalue weighted by Gasteiger charge is -2.24. The van der Waals surface area contributed by atoms with Crippen LogP contribution in [0.15, 0.2) is 0 Å². The van der Waals surface area contributed by atoms with Gasteiger partial charge in [0.1, 0.15) is 0 Å². The summed E-state index contributed by atoms with van der Waals surface area (Å²) in [7, 11) is 0. The van der Waals surface area contributed by atoms with Crippen molar-refractivity contribution >= 4 is 5.91 Å². The van der Waals surface area contributed by atoms with E-state index in [1.54, 1.807) is 0 Å². The third-order valence-corrected chi connectivity index (χ3v) is 5.64. The molecule has 5 unspecified atom stereocenters. The molecular weight excluding hydrogens is 224 g/mol. The second-order valence-corrected chi connectivity index (χ2v) is 6.74. The van der Waals surface area contributed by atoms with Crippen LogP contribution < -0.4 is 11.1 Å². The van der Waals surface area contributed by atoms with Crippen LogP contribution in [0.2, 0.25) is 0 Å². The van der Waals surface area contributed by atoms with E-state index in [-0.39, 0.29) is 5.91 Å². The monoisotopic (exact) mass is 250 g/mol. The Hall–Kier alpha value is -0.570. The van der Waals surface area contributed by atoms with E-state index in [2.05, 4.69) is 5.32 Å². The van der Waals surface area contributed by atoms with Gasteiger partial charge in [0, 0.05) is 12.5 Å². The molecule has 0 heterocycles. The summed E-state index contributed by atoms with van der Waals surface area (Å²) in [5.74, 6) is 3.29. The number of hydrogen-bond donors (Lipinski definition) is 2. The van der Waals surface area contributed by atoms with Crippen molar-refractivity contribution in [3.05, 3.63) is 0 Å². The smallest absolute Gasteiger partial charge is 0.220 e. The normalized spacial score (nSPS) is 42.4. The first-order valence-corrected chi connectivity index (χ1v) is 7.75. The molecule has 3 aliphatic carbocycles. The van der Waals surface area contributed by atoms with Crippen LogP contribution in [0.4, 0.5) is 0 Å². The topological polar surface area (TPSA) is 55.1 Å². The largest absolute Gasteiger partial charge is 0.353 e. The van der Waals surface area contributed by atoms with Gasteiger partial charge >= 0.3 is 0 Å². The van der Waals surface area contributed by atoms with Crippen LogP contribution in [-0.4, -0.2) is 18.5 Å². The number of fused-ring (bicyclic) bond motifs is 2. The van der Waals surface area contributed by atoms with E-state index in [9.17, 15) is 4.79 Å². The van der Waals surface area contributed by atoms with Gasteiger partial charge in [-0.2, -0.15) is 0 Å². The minimum atomic E-state index is 0.290. The quantitative estimate of drug-likeness (QED) is 0.802. The van der Waals surface area contributed by atoms with Crippen LogP contribution in [0.25, 0.3) is 0 Å². The lowest BCUT2D eigenvalue weighted by atomic mass is 9.86. The molecule has 0 aromatic carbocycles. The number of amides is 1. The zero-order valence-electron chi connectivity index (χ0n) is 11.2. The van der Waals surface area contributed by atoms with Crippen molar-refractivity contribution in [2.75, 3.05) is 6.54 Å². The predicted molar refractivity (Wildman–Crippen MR) is 71.9 cm³/mol. The van der Waals surface area contributed by atoms with Crippen LogP contribution >= 0.6 is 0 Å². The second kappa shape index (κ2) is 5.20. The van der Waals surface area contributed by atoms with Crippen molar-refractivity contribution in [2.45, 2.75) is 57.4 Å². The van der Waals surface area contributed by atoms with Crippen LogP contribution in [0.5, 0.6) is 0 Å². The molecule has 3 nitrogen and oxygen atoms in total. The highest BCUT2D eigenvalue weighted by Crippen LogP contribution is 2.49. The number of nitrogens with two attached hydrogens (primary N) is 1. The minimum Gasteiger partial charge on any atom is -0.353 e. The molecule has 1 amide bonds. The summed E-state index contributed by atoms with van der Waals surface area (Å²) in [5, 5.41) is 3.25. The van der Waals surface area contributed by atoms with E-state index in [1.165, 1.54) is 38.5 Å². The molecule has 3 heteroatoms. The van der Waals surface area contributed by atoms with Crippen LogP contribution in [0.1, 0.15) is 51.4 Å². The number of carbonyl (C=O) groups excluding carboxylic acids is 1. The molecule has 18 heavy (non-hydrogen) atoms. The fourth-order valence-corrected chi connectivity index (χ4v) is 4.64. The van der Waals surface area contributed by atoms with E-state index in [0.29, 0.717) is 17.9 Å². The van der Waals surface area contributed by atoms with Gasteiger partial charge in [-0.25, -0.2) is 0 Å². The highest BCUT2D eigenvalue weighted by molar-refractivity contribution is 5.76. The Bertz CT molecular complexity index is 308. The van der Waals surface area contributed by atoms with Gasteiger partial charge in [-0.3, -0.25) is 4.79 Å². The van der Waals surface area contributed by atoms with Crippen LogP contribution in [0.3, 0.4) is 0 Å². The summed E-state index contributed by atoms with van der Waals surface area (Å²) in [4.78, 5) is 12.1. The first-order chi connectivity index (χ1) is 8.76. The summed E-state index contributed by atoms with van der Waals surface area (Å²) in [6, 6.07) is 0.362. The molecule has 2 bridgehead atoms. The van der Waals surface area contributed by atoms with Gasteiger partial charge in [-0.05, 0) is 62.3 Å². The summed E-state index contributed by atoms with van der Waals surface area (Å²) in [5.41, 5.74) is 5.76. The zero-order chi connectivity index (χ0) is 12.5. The third-order valence-electron chi connectivity index (χ3n) is 5.64. The molecule has 0 spiro atoms. The average Bonchev–Trinajstić information content (AvgIpc) is 3.04. The van der Waals surface area contributed by atoms with Crippen molar-refractivity contribution in [3.63, 3.8) is 0 Å². The molecule has 0 aromatic heterocycles. The van der Waals surface area contributed by atoms with Gasteiger partial charge in [-0.1, -0.05) is 12.8 Å². The highest BCUT2D eigenvalue weighted by atomic mass is 16.1. The fraction of sp³-hybridized carbons (Fsp3) is 0.933. The lowest BCUT2D eigenvalue weighted by Crippen LogP contribution is -2.40. The van der Waals surface area contributed by atoms with Crippen molar-refractivity contribution in [3.8, 4) is 0 Å². The molecule has 0 radical (unpaired) electrons. The summed E-state index contributed by atoms with van der Waals surface area (Å²) in [6.07, 6.45) is 9.81. The fourth-order valence-electron chi connectivity index (χ4n) is 4.64. The molecular formula is C15H26N2O. The highest BCUT2D eigenvalue weighted by Gasteiger charge is 2.40. The van der Waals surface area contributed by atoms with E-state index >= 15 is 0 Å². The molecule has 3 saturated carbocycles. The molecule has 3 N–H and O–H groups in total. The van der Waals surface area contributed by atoms with Gasteiger partial charge in [0.25, 0.3) is 0 Å². The van der Waals surface area contributed by atoms with Gasteiger partial charge in [0.2, 0.25) is 5.91 Å². The first-order valence-electron chi connectivity index (χ1n) is 7.75. The molecule has 5 atom stereocenters. The average molecular weight is 250 g/mol. The molecule has 0 saturated heterocycles. The van der Waals surface area contributed by atoms with Crippen LogP contribution in [-0.2, 0) is 4.79 Å². The number of rotatable bonds is 4. The molecule has 3 fully saturated rings. The SMILES string of the molecule is NCC1CCCC1NC(=O)CC1CC2CCC1C2. The van der Waals surface area contributed by atoms with Gasteiger partial charge in [0.05, 0.1) is 0 Å². The van der Waals surface area contributed by atoms with E-state index in [0.717, 1.165) is 31.2 Å². The third kappa shape index (κ3) is 2.42. The maximum atomic E-state index is 12.1.